The second-order valence-electron chi connectivity index (χ2n) is 6.58. The standard InChI is InChI=1S/C22H10Br4O6/c23-11-4-9(5-12(24)19(11)27)6-16-17(10-7-13(25)20(28)14(26)8-10)18(22(30)32-16)21(29)15-2-1-3-31-15/h1-8,27-28H/b16-6-. The van der Waals surface area contributed by atoms with Gasteiger partial charge in [0.1, 0.15) is 22.8 Å². The maximum atomic E-state index is 13.1. The Balaban J connectivity index is 1.96. The smallest absolute Gasteiger partial charge is 0.348 e. The molecule has 0 saturated carbocycles. The molecule has 2 heterocycles. The molecule has 1 aliphatic heterocycles. The summed E-state index contributed by atoms with van der Waals surface area (Å²) in [5.41, 5.74) is 1.07. The summed E-state index contributed by atoms with van der Waals surface area (Å²) >= 11 is 13.1. The van der Waals surface area contributed by atoms with Gasteiger partial charge in [0.15, 0.2) is 5.76 Å². The number of phenols is 2. The first-order valence-corrected chi connectivity index (χ1v) is 12.0. The Labute approximate surface area is 215 Å². The molecule has 32 heavy (non-hydrogen) atoms. The Morgan fingerprint density at radius 1 is 0.906 bits per heavy atom. The molecule has 0 atom stereocenters. The number of carbonyl (C=O) groups excluding carboxylic acids is 2. The number of rotatable bonds is 4. The van der Waals surface area contributed by atoms with Gasteiger partial charge in [-0.25, -0.2) is 4.79 Å². The van der Waals surface area contributed by atoms with Crippen molar-refractivity contribution in [3.63, 3.8) is 0 Å². The minimum Gasteiger partial charge on any atom is -0.506 e. The number of aromatic hydroxyl groups is 2. The second-order valence-corrected chi connectivity index (χ2v) is 9.99. The minimum absolute atomic E-state index is 0.0114. The van der Waals surface area contributed by atoms with Gasteiger partial charge in [-0.2, -0.15) is 0 Å². The number of phenolic OH excluding ortho intramolecular Hbond substituents is 2. The van der Waals surface area contributed by atoms with E-state index in [0.29, 0.717) is 29.0 Å². The predicted octanol–water partition coefficient (Wildman–Crippen LogP) is 6.98. The number of halogens is 4. The fourth-order valence-corrected chi connectivity index (χ4v) is 5.49. The third-order valence-corrected chi connectivity index (χ3v) is 6.94. The molecule has 0 fully saturated rings. The molecule has 1 aromatic heterocycles. The highest BCUT2D eigenvalue weighted by Crippen LogP contribution is 2.43. The van der Waals surface area contributed by atoms with Crippen molar-refractivity contribution in [2.24, 2.45) is 0 Å². The molecule has 2 N–H and O–H groups in total. The largest absolute Gasteiger partial charge is 0.506 e. The molecule has 0 aliphatic carbocycles. The van der Waals surface area contributed by atoms with Crippen LogP contribution < -0.4 is 0 Å². The van der Waals surface area contributed by atoms with Gasteiger partial charge in [-0.05, 0) is 117 Å². The molecular formula is C22H10Br4O6. The minimum atomic E-state index is -0.829. The van der Waals surface area contributed by atoms with Crippen molar-refractivity contribution in [2.45, 2.75) is 0 Å². The van der Waals surface area contributed by atoms with Crippen LogP contribution in [0.25, 0.3) is 11.6 Å². The van der Waals surface area contributed by atoms with Gasteiger partial charge >= 0.3 is 5.97 Å². The molecule has 0 unspecified atom stereocenters. The molecule has 0 bridgehead atoms. The van der Waals surface area contributed by atoms with Crippen LogP contribution in [0.1, 0.15) is 21.7 Å². The number of cyclic esters (lactones) is 1. The Hall–Kier alpha value is -2.14. The number of ether oxygens (including phenoxy) is 1. The van der Waals surface area contributed by atoms with Gasteiger partial charge in [0, 0.05) is 5.57 Å². The van der Waals surface area contributed by atoms with E-state index in [1.165, 1.54) is 12.3 Å². The highest BCUT2D eigenvalue weighted by Gasteiger charge is 2.37. The number of ketones is 1. The zero-order valence-corrected chi connectivity index (χ0v) is 22.0. The van der Waals surface area contributed by atoms with Gasteiger partial charge in [-0.3, -0.25) is 4.79 Å². The summed E-state index contributed by atoms with van der Waals surface area (Å²) in [5, 5.41) is 20.1. The van der Waals surface area contributed by atoms with Crippen LogP contribution in [0, 0.1) is 0 Å². The van der Waals surface area contributed by atoms with E-state index in [1.54, 1.807) is 36.4 Å². The van der Waals surface area contributed by atoms with Crippen molar-refractivity contribution in [1.82, 2.24) is 0 Å². The summed E-state index contributed by atoms with van der Waals surface area (Å²) in [4.78, 5) is 25.9. The third-order valence-electron chi connectivity index (χ3n) is 4.52. The number of hydrogen-bond acceptors (Lipinski definition) is 6. The lowest BCUT2D eigenvalue weighted by Gasteiger charge is -2.10. The number of furan rings is 1. The SMILES string of the molecule is O=C1O/C(=C\c2cc(Br)c(O)c(Br)c2)C(c2cc(Br)c(O)c(Br)c2)=C1C(=O)c1ccco1. The fourth-order valence-electron chi connectivity index (χ4n) is 3.08. The predicted molar refractivity (Wildman–Crippen MR) is 131 cm³/mol. The summed E-state index contributed by atoms with van der Waals surface area (Å²) in [6.07, 6.45) is 2.91. The molecule has 6 nitrogen and oxygen atoms in total. The number of carbonyl (C=O) groups is 2. The van der Waals surface area contributed by atoms with Crippen molar-refractivity contribution >= 4 is 87.1 Å². The van der Waals surface area contributed by atoms with Gasteiger partial charge < -0.3 is 19.4 Å². The number of esters is 1. The number of benzene rings is 2. The lowest BCUT2D eigenvalue weighted by Crippen LogP contribution is -2.10. The molecule has 3 aromatic rings. The fraction of sp³-hybridized carbons (Fsp3) is 0. The molecule has 0 spiro atoms. The first-order chi connectivity index (χ1) is 15.2. The first-order valence-electron chi connectivity index (χ1n) is 8.80. The summed E-state index contributed by atoms with van der Waals surface area (Å²) < 4.78 is 12.2. The summed E-state index contributed by atoms with van der Waals surface area (Å²) in [6.45, 7) is 0. The average Bonchev–Trinajstić information content (AvgIpc) is 3.37. The van der Waals surface area contributed by atoms with Gasteiger partial charge in [-0.15, -0.1) is 0 Å². The molecular weight excluding hydrogens is 680 g/mol. The van der Waals surface area contributed by atoms with E-state index >= 15 is 0 Å². The van der Waals surface area contributed by atoms with Crippen LogP contribution >= 0.6 is 63.7 Å². The lowest BCUT2D eigenvalue weighted by molar-refractivity contribution is -0.132. The first kappa shape index (κ1) is 23.0. The molecule has 2 aromatic carbocycles. The molecule has 162 valence electrons. The van der Waals surface area contributed by atoms with Crippen LogP contribution in [0.15, 0.2) is 76.3 Å². The average molecular weight is 690 g/mol. The zero-order valence-electron chi connectivity index (χ0n) is 15.7. The zero-order chi connectivity index (χ0) is 23.2. The Kier molecular flexibility index (Phi) is 6.49. The molecule has 10 heteroatoms. The van der Waals surface area contributed by atoms with E-state index in [0.717, 1.165) is 0 Å². The van der Waals surface area contributed by atoms with Crippen LogP contribution in [-0.2, 0) is 9.53 Å². The molecule has 4 rings (SSSR count). The topological polar surface area (TPSA) is 97.0 Å². The van der Waals surface area contributed by atoms with Crippen LogP contribution in [-0.4, -0.2) is 22.0 Å². The monoisotopic (exact) mass is 686 g/mol. The van der Waals surface area contributed by atoms with Crippen molar-refractivity contribution in [3.05, 3.63) is 88.8 Å². The lowest BCUT2D eigenvalue weighted by atomic mass is 9.95. The third kappa shape index (κ3) is 4.24. The van der Waals surface area contributed by atoms with Gasteiger partial charge in [0.2, 0.25) is 5.78 Å². The molecule has 1 aliphatic rings. The summed E-state index contributed by atoms with van der Waals surface area (Å²) in [7, 11) is 0. The van der Waals surface area contributed by atoms with Gasteiger partial charge in [0.25, 0.3) is 0 Å². The van der Waals surface area contributed by atoms with Crippen molar-refractivity contribution in [3.8, 4) is 11.5 Å². The number of hydrogen-bond donors (Lipinski definition) is 2. The number of Topliss-reactive ketones (excluding diaryl/α,β-unsaturated/α-hetero) is 1. The van der Waals surface area contributed by atoms with Crippen LogP contribution in [0.3, 0.4) is 0 Å². The Morgan fingerprint density at radius 2 is 1.47 bits per heavy atom. The van der Waals surface area contributed by atoms with Gasteiger partial charge in [0.05, 0.1) is 24.2 Å². The van der Waals surface area contributed by atoms with E-state index < -0.39 is 11.8 Å². The maximum absolute atomic E-state index is 13.1. The van der Waals surface area contributed by atoms with Crippen molar-refractivity contribution in [2.75, 3.05) is 0 Å². The molecule has 0 saturated heterocycles. The summed E-state index contributed by atoms with van der Waals surface area (Å²) in [6, 6.07) is 9.41. The van der Waals surface area contributed by atoms with E-state index in [9.17, 15) is 19.8 Å². The van der Waals surface area contributed by atoms with Crippen LogP contribution in [0.2, 0.25) is 0 Å². The van der Waals surface area contributed by atoms with Gasteiger partial charge in [-0.1, -0.05) is 0 Å². The Morgan fingerprint density at radius 3 is 2.00 bits per heavy atom. The van der Waals surface area contributed by atoms with Crippen LogP contribution in [0.4, 0.5) is 0 Å². The number of allylic oxidation sites excluding steroid dienone is 1. The summed E-state index contributed by atoms with van der Waals surface area (Å²) in [5.74, 6) is -1.36. The van der Waals surface area contributed by atoms with Crippen LogP contribution in [0.5, 0.6) is 11.5 Å². The quantitative estimate of drug-likeness (QED) is 0.175. The maximum Gasteiger partial charge on any atom is 0.348 e. The van der Waals surface area contributed by atoms with E-state index in [2.05, 4.69) is 63.7 Å². The molecule has 0 amide bonds. The van der Waals surface area contributed by atoms with E-state index in [1.807, 2.05) is 0 Å². The highest BCUT2D eigenvalue weighted by molar-refractivity contribution is 9.11. The van der Waals surface area contributed by atoms with E-state index in [-0.39, 0.29) is 34.2 Å². The van der Waals surface area contributed by atoms with Crippen molar-refractivity contribution < 1.29 is 29.0 Å². The Bertz CT molecular complexity index is 1290. The molecule has 0 radical (unpaired) electrons. The second kappa shape index (κ2) is 9.01. The van der Waals surface area contributed by atoms with E-state index in [4.69, 9.17) is 9.15 Å². The highest BCUT2D eigenvalue weighted by atomic mass is 79.9. The normalized spacial score (nSPS) is 14.9. The van der Waals surface area contributed by atoms with Crippen molar-refractivity contribution in [1.29, 1.82) is 0 Å².